The molecule has 0 unspecified atom stereocenters. The third kappa shape index (κ3) is 5.13. The molecule has 4 nitrogen and oxygen atoms in total. The Morgan fingerprint density at radius 3 is 2.69 bits per heavy atom. The average Bonchev–Trinajstić information content (AvgIpc) is 2.54. The Hall–Kier alpha value is -1.76. The standard InChI is InChI=1S/C16H10BrClF3N3OS/c1-8-4-11(16(19,20)21)10(6-22)15(23-8)26-7-14(25)24-13-3-2-9(17)5-12(13)18/h2-5H,7H2,1H3,(H,24,25). The molecule has 0 atom stereocenters. The van der Waals surface area contributed by atoms with Crippen LogP contribution in [-0.4, -0.2) is 16.6 Å². The van der Waals surface area contributed by atoms with Crippen molar-refractivity contribution in [3.63, 3.8) is 0 Å². The molecule has 1 amide bonds. The van der Waals surface area contributed by atoms with Crippen LogP contribution in [0.3, 0.4) is 0 Å². The van der Waals surface area contributed by atoms with Crippen LogP contribution in [0.25, 0.3) is 0 Å². The minimum absolute atomic E-state index is 0.107. The number of halogens is 5. The van der Waals surface area contributed by atoms with Crippen molar-refractivity contribution in [3.05, 3.63) is 50.6 Å². The van der Waals surface area contributed by atoms with Crippen LogP contribution in [-0.2, 0) is 11.0 Å². The first-order chi connectivity index (χ1) is 12.1. The molecule has 0 aliphatic heterocycles. The molecule has 26 heavy (non-hydrogen) atoms. The van der Waals surface area contributed by atoms with Gasteiger partial charge in [0.15, 0.2) is 0 Å². The quantitative estimate of drug-likeness (QED) is 0.613. The normalized spacial score (nSPS) is 11.1. The lowest BCUT2D eigenvalue weighted by Crippen LogP contribution is -2.15. The molecule has 1 N–H and O–H groups in total. The maximum atomic E-state index is 13.1. The highest BCUT2D eigenvalue weighted by molar-refractivity contribution is 9.10. The highest BCUT2D eigenvalue weighted by Crippen LogP contribution is 2.36. The first-order valence-electron chi connectivity index (χ1n) is 6.98. The number of aryl methyl sites for hydroxylation is 1. The van der Waals surface area contributed by atoms with E-state index in [0.29, 0.717) is 10.7 Å². The number of hydrogen-bond donors (Lipinski definition) is 1. The van der Waals surface area contributed by atoms with Crippen LogP contribution in [0.15, 0.2) is 33.8 Å². The number of amides is 1. The lowest BCUT2D eigenvalue weighted by atomic mass is 10.1. The number of nitrogens with zero attached hydrogens (tertiary/aromatic N) is 2. The van der Waals surface area contributed by atoms with Gasteiger partial charge in [-0.05, 0) is 31.2 Å². The summed E-state index contributed by atoms with van der Waals surface area (Å²) in [6.45, 7) is 1.39. The molecule has 1 heterocycles. The summed E-state index contributed by atoms with van der Waals surface area (Å²) in [6, 6.07) is 7.19. The molecule has 2 rings (SSSR count). The number of aromatic nitrogens is 1. The molecule has 0 saturated carbocycles. The van der Waals surface area contributed by atoms with Gasteiger partial charge < -0.3 is 5.32 Å². The first-order valence-corrected chi connectivity index (χ1v) is 9.14. The van der Waals surface area contributed by atoms with Gasteiger partial charge in [0.05, 0.1) is 27.6 Å². The number of anilines is 1. The van der Waals surface area contributed by atoms with Crippen molar-refractivity contribution >= 4 is 50.9 Å². The summed E-state index contributed by atoms with van der Waals surface area (Å²) in [5, 5.41) is 11.8. The second kappa shape index (κ2) is 8.29. The molecule has 1 aromatic carbocycles. The summed E-state index contributed by atoms with van der Waals surface area (Å²) >= 11 is 9.99. The molecular formula is C16H10BrClF3N3OS. The molecule has 0 aliphatic carbocycles. The Kier molecular flexibility index (Phi) is 6.55. The molecule has 0 spiro atoms. The SMILES string of the molecule is Cc1cc(C(F)(F)F)c(C#N)c(SCC(=O)Nc2ccc(Br)cc2Cl)n1. The second-order valence-corrected chi connectivity index (χ2v) is 7.35. The van der Waals surface area contributed by atoms with Crippen LogP contribution in [0, 0.1) is 18.3 Å². The number of rotatable bonds is 4. The Labute approximate surface area is 164 Å². The second-order valence-electron chi connectivity index (χ2n) is 5.06. The number of nitrogens with one attached hydrogen (secondary N) is 1. The van der Waals surface area contributed by atoms with Crippen molar-refractivity contribution < 1.29 is 18.0 Å². The van der Waals surface area contributed by atoms with Crippen molar-refractivity contribution in [1.29, 1.82) is 5.26 Å². The third-order valence-corrected chi connectivity index (χ3v) is 4.86. The predicted molar refractivity (Wildman–Crippen MR) is 97.2 cm³/mol. The first kappa shape index (κ1) is 20.6. The highest BCUT2D eigenvalue weighted by Gasteiger charge is 2.35. The Morgan fingerprint density at radius 1 is 1.42 bits per heavy atom. The third-order valence-electron chi connectivity index (χ3n) is 3.08. The lowest BCUT2D eigenvalue weighted by Gasteiger charge is -2.13. The van der Waals surface area contributed by atoms with Gasteiger partial charge in [-0.3, -0.25) is 4.79 Å². The van der Waals surface area contributed by atoms with Crippen molar-refractivity contribution in [2.75, 3.05) is 11.1 Å². The maximum absolute atomic E-state index is 13.1. The number of benzene rings is 1. The number of thioether (sulfide) groups is 1. The van der Waals surface area contributed by atoms with Crippen molar-refractivity contribution in [2.24, 2.45) is 0 Å². The Bertz CT molecular complexity index is 900. The zero-order chi connectivity index (χ0) is 19.5. The molecule has 10 heteroatoms. The molecule has 0 aliphatic rings. The summed E-state index contributed by atoms with van der Waals surface area (Å²) < 4.78 is 40.0. The largest absolute Gasteiger partial charge is 0.417 e. The number of nitriles is 1. The van der Waals surface area contributed by atoms with Crippen molar-refractivity contribution in [2.45, 2.75) is 18.1 Å². The fourth-order valence-electron chi connectivity index (χ4n) is 1.99. The summed E-state index contributed by atoms with van der Waals surface area (Å²) in [4.78, 5) is 16.0. The van der Waals surface area contributed by atoms with Crippen LogP contribution in [0.2, 0.25) is 5.02 Å². The molecular weight excluding hydrogens is 455 g/mol. The predicted octanol–water partition coefficient (Wildman–Crippen LogP) is 5.43. The van der Waals surface area contributed by atoms with Gasteiger partial charge in [0.1, 0.15) is 11.1 Å². The van der Waals surface area contributed by atoms with E-state index in [0.717, 1.165) is 22.3 Å². The summed E-state index contributed by atoms with van der Waals surface area (Å²) in [5.41, 5.74) is -1.18. The van der Waals surface area contributed by atoms with Gasteiger partial charge in [-0.2, -0.15) is 18.4 Å². The minimum atomic E-state index is -4.68. The molecule has 136 valence electrons. The van der Waals surface area contributed by atoms with E-state index in [1.807, 2.05) is 0 Å². The van der Waals surface area contributed by atoms with E-state index in [9.17, 15) is 18.0 Å². The van der Waals surface area contributed by atoms with E-state index in [4.69, 9.17) is 16.9 Å². The van der Waals surface area contributed by atoms with Crippen LogP contribution >= 0.6 is 39.3 Å². The van der Waals surface area contributed by atoms with Crippen molar-refractivity contribution in [1.82, 2.24) is 4.98 Å². The number of hydrogen-bond acceptors (Lipinski definition) is 4. The van der Waals surface area contributed by atoms with Gasteiger partial charge >= 0.3 is 6.18 Å². The van der Waals surface area contributed by atoms with Gasteiger partial charge in [0.25, 0.3) is 0 Å². The van der Waals surface area contributed by atoms with E-state index in [1.54, 1.807) is 18.2 Å². The number of alkyl halides is 3. The Balaban J connectivity index is 2.17. The van der Waals surface area contributed by atoms with E-state index in [1.165, 1.54) is 13.0 Å². The zero-order valence-electron chi connectivity index (χ0n) is 13.1. The topological polar surface area (TPSA) is 65.8 Å². The fourth-order valence-corrected chi connectivity index (χ4v) is 3.56. The molecule has 2 aromatic rings. The lowest BCUT2D eigenvalue weighted by molar-refractivity contribution is -0.138. The number of pyridine rings is 1. The smallest absolute Gasteiger partial charge is 0.324 e. The van der Waals surface area contributed by atoms with Crippen LogP contribution in [0.4, 0.5) is 18.9 Å². The van der Waals surface area contributed by atoms with Crippen LogP contribution < -0.4 is 5.32 Å². The van der Waals surface area contributed by atoms with Crippen molar-refractivity contribution in [3.8, 4) is 6.07 Å². The average molecular weight is 465 g/mol. The number of carbonyl (C=O) groups is 1. The molecule has 0 fully saturated rings. The van der Waals surface area contributed by atoms with Gasteiger partial charge in [0, 0.05) is 10.2 Å². The van der Waals surface area contributed by atoms with Gasteiger partial charge in [-0.1, -0.05) is 39.3 Å². The van der Waals surface area contributed by atoms with E-state index in [-0.39, 0.29) is 16.5 Å². The maximum Gasteiger partial charge on any atom is 0.417 e. The highest BCUT2D eigenvalue weighted by atomic mass is 79.9. The minimum Gasteiger partial charge on any atom is -0.324 e. The molecule has 0 saturated heterocycles. The van der Waals surface area contributed by atoms with Gasteiger partial charge in [-0.15, -0.1) is 0 Å². The summed E-state index contributed by atoms with van der Waals surface area (Å²) in [7, 11) is 0. The zero-order valence-corrected chi connectivity index (χ0v) is 16.3. The Morgan fingerprint density at radius 2 is 2.12 bits per heavy atom. The number of carbonyl (C=O) groups excluding carboxylic acids is 1. The fraction of sp³-hybridized carbons (Fsp3) is 0.188. The van der Waals surface area contributed by atoms with E-state index < -0.39 is 23.2 Å². The molecule has 0 radical (unpaired) electrons. The van der Waals surface area contributed by atoms with E-state index >= 15 is 0 Å². The monoisotopic (exact) mass is 463 g/mol. The molecule has 0 bridgehead atoms. The van der Waals surface area contributed by atoms with Crippen LogP contribution in [0.5, 0.6) is 0 Å². The van der Waals surface area contributed by atoms with Gasteiger partial charge in [0.2, 0.25) is 5.91 Å². The molecule has 1 aromatic heterocycles. The van der Waals surface area contributed by atoms with Gasteiger partial charge in [-0.25, -0.2) is 4.98 Å². The van der Waals surface area contributed by atoms with Crippen LogP contribution in [0.1, 0.15) is 16.8 Å². The summed E-state index contributed by atoms with van der Waals surface area (Å²) in [5.74, 6) is -0.713. The summed E-state index contributed by atoms with van der Waals surface area (Å²) in [6.07, 6.45) is -4.68. The van der Waals surface area contributed by atoms with E-state index in [2.05, 4.69) is 26.2 Å².